The van der Waals surface area contributed by atoms with Crippen LogP contribution in [0.4, 0.5) is 5.69 Å². The molecule has 0 amide bonds. The number of fused-ring (bicyclic) bond motifs is 1. The Labute approximate surface area is 186 Å². The number of phenolic OH excluding ortho intramolecular Hbond substituents is 1. The monoisotopic (exact) mass is 537 g/mol. The Bertz CT molecular complexity index is 1240. The fourth-order valence-corrected chi connectivity index (χ4v) is 5.09. The number of rotatable bonds is 6. The highest BCUT2D eigenvalue weighted by Crippen LogP contribution is 2.32. The molecule has 2 heterocycles. The molecule has 154 valence electrons. The van der Waals surface area contributed by atoms with Gasteiger partial charge in [-0.3, -0.25) is 4.79 Å². The number of amidine groups is 1. The van der Waals surface area contributed by atoms with Crippen molar-refractivity contribution in [1.82, 2.24) is 4.98 Å². The third-order valence-electron chi connectivity index (χ3n) is 4.63. The van der Waals surface area contributed by atoms with Gasteiger partial charge in [-0.25, -0.2) is 4.98 Å². The number of benzene rings is 2. The van der Waals surface area contributed by atoms with Crippen LogP contribution in [0.5, 0.6) is 5.75 Å². The Morgan fingerprint density at radius 3 is 2.80 bits per heavy atom. The molecule has 0 saturated heterocycles. The van der Waals surface area contributed by atoms with Crippen molar-refractivity contribution in [3.05, 3.63) is 69.9 Å². The first kappa shape index (κ1) is 20.5. The topological polar surface area (TPSA) is 122 Å². The lowest BCUT2D eigenvalue weighted by Gasteiger charge is -2.18. The minimum Gasteiger partial charge on any atom is -0.508 e. The van der Waals surface area contributed by atoms with Crippen LogP contribution in [-0.2, 0) is 14.8 Å². The summed E-state index contributed by atoms with van der Waals surface area (Å²) in [6.07, 6.45) is 3.24. The van der Waals surface area contributed by atoms with Crippen molar-refractivity contribution < 1.29 is 22.7 Å². The van der Waals surface area contributed by atoms with E-state index < -0.39 is 15.8 Å². The number of hydrogen-bond donors (Lipinski definition) is 2. The van der Waals surface area contributed by atoms with Crippen LogP contribution in [0.25, 0.3) is 0 Å². The molecule has 0 fully saturated rings. The number of carbonyl (C=O) groups is 1. The fraction of sp³-hybridized carbons (Fsp3) is 0.150. The summed E-state index contributed by atoms with van der Waals surface area (Å²) in [6.45, 7) is 0. The highest BCUT2D eigenvalue weighted by atomic mass is 127. The lowest BCUT2D eigenvalue weighted by atomic mass is 9.92. The van der Waals surface area contributed by atoms with E-state index >= 15 is 0 Å². The molecule has 1 aromatic heterocycles. The van der Waals surface area contributed by atoms with Crippen LogP contribution >= 0.6 is 22.6 Å². The van der Waals surface area contributed by atoms with Gasteiger partial charge in [-0.05, 0) is 64.9 Å². The van der Waals surface area contributed by atoms with Gasteiger partial charge in [0.25, 0.3) is 10.0 Å². The number of ketones is 1. The number of hydrogen-bond acceptors (Lipinski definition) is 7. The van der Waals surface area contributed by atoms with E-state index in [0.29, 0.717) is 18.0 Å². The van der Waals surface area contributed by atoms with Gasteiger partial charge in [0.05, 0.1) is 17.8 Å². The van der Waals surface area contributed by atoms with Gasteiger partial charge in [0.2, 0.25) is 5.89 Å². The molecule has 0 aliphatic carbocycles. The second-order valence-corrected chi connectivity index (χ2v) is 9.48. The molecule has 1 unspecified atom stereocenters. The normalized spacial score (nSPS) is 15.6. The van der Waals surface area contributed by atoms with Crippen LogP contribution in [0.2, 0.25) is 0 Å². The van der Waals surface area contributed by atoms with Crippen molar-refractivity contribution in [1.29, 1.82) is 0 Å². The van der Waals surface area contributed by atoms with E-state index in [0.717, 1.165) is 9.13 Å². The Morgan fingerprint density at radius 1 is 1.23 bits per heavy atom. The average Bonchev–Trinajstić information content (AvgIpc) is 3.22. The number of nitrogens with one attached hydrogen (secondary N) is 1. The Balaban J connectivity index is 1.56. The number of aromatic hydroxyl groups is 1. The molecule has 8 nitrogen and oxygen atoms in total. The van der Waals surface area contributed by atoms with Gasteiger partial charge in [-0.15, -0.1) is 4.40 Å². The van der Waals surface area contributed by atoms with E-state index in [2.05, 4.69) is 14.7 Å². The number of phenols is 1. The zero-order valence-electron chi connectivity index (χ0n) is 15.4. The van der Waals surface area contributed by atoms with Gasteiger partial charge < -0.3 is 14.8 Å². The molecular weight excluding hydrogens is 521 g/mol. The van der Waals surface area contributed by atoms with E-state index in [9.17, 15) is 18.3 Å². The Kier molecular flexibility index (Phi) is 5.60. The largest absolute Gasteiger partial charge is 0.508 e. The smallest absolute Gasteiger partial charge is 0.286 e. The third-order valence-corrected chi connectivity index (χ3v) is 6.62. The van der Waals surface area contributed by atoms with E-state index in [1.807, 2.05) is 22.6 Å². The number of Topliss-reactive ketones (excluding diaryl/α,β-unsaturated/α-hetero) is 1. The molecule has 10 heteroatoms. The van der Waals surface area contributed by atoms with Crippen molar-refractivity contribution in [3.63, 3.8) is 0 Å². The lowest BCUT2D eigenvalue weighted by molar-refractivity contribution is -0.113. The van der Waals surface area contributed by atoms with E-state index in [1.54, 1.807) is 36.4 Å². The summed E-state index contributed by atoms with van der Waals surface area (Å²) < 4.78 is 34.8. The summed E-state index contributed by atoms with van der Waals surface area (Å²) in [6, 6.07) is 11.5. The minimum atomic E-state index is -3.96. The van der Waals surface area contributed by atoms with Crippen LogP contribution < -0.4 is 5.32 Å². The maximum Gasteiger partial charge on any atom is 0.286 e. The summed E-state index contributed by atoms with van der Waals surface area (Å²) in [5.41, 5.74) is 1.06. The zero-order valence-corrected chi connectivity index (χ0v) is 18.4. The summed E-state index contributed by atoms with van der Waals surface area (Å²) in [7, 11) is -3.96. The molecule has 30 heavy (non-hydrogen) atoms. The van der Waals surface area contributed by atoms with E-state index in [4.69, 9.17) is 4.42 Å². The van der Waals surface area contributed by atoms with Crippen molar-refractivity contribution in [2.75, 3.05) is 5.32 Å². The summed E-state index contributed by atoms with van der Waals surface area (Å²) in [5, 5.41) is 12.6. The third kappa shape index (κ3) is 4.24. The first-order chi connectivity index (χ1) is 14.3. The number of oxazole rings is 1. The van der Waals surface area contributed by atoms with Crippen LogP contribution in [-0.4, -0.2) is 30.1 Å². The maximum absolute atomic E-state index is 12.8. The number of anilines is 1. The predicted molar refractivity (Wildman–Crippen MR) is 118 cm³/mol. The number of halogens is 1. The van der Waals surface area contributed by atoms with Gasteiger partial charge >= 0.3 is 0 Å². The highest BCUT2D eigenvalue weighted by molar-refractivity contribution is 14.1. The Hall–Kier alpha value is -2.73. The van der Waals surface area contributed by atoms with Crippen LogP contribution in [0.3, 0.4) is 0 Å². The van der Waals surface area contributed by atoms with Crippen LogP contribution in [0.1, 0.15) is 30.2 Å². The number of aromatic nitrogens is 1. The van der Waals surface area contributed by atoms with Crippen molar-refractivity contribution >= 4 is 49.9 Å². The zero-order chi connectivity index (χ0) is 21.3. The number of carbonyl (C=O) groups excluding carboxylic acids is 1. The van der Waals surface area contributed by atoms with Gasteiger partial charge in [0.15, 0.2) is 11.6 Å². The number of sulfonamides is 1. The second-order valence-electron chi connectivity index (χ2n) is 6.66. The molecule has 0 radical (unpaired) electrons. The van der Waals surface area contributed by atoms with E-state index in [1.165, 1.54) is 18.5 Å². The molecule has 3 aromatic rings. The fourth-order valence-electron chi connectivity index (χ4n) is 3.23. The van der Waals surface area contributed by atoms with Crippen molar-refractivity contribution in [2.24, 2.45) is 4.40 Å². The molecule has 0 spiro atoms. The maximum atomic E-state index is 12.8. The minimum absolute atomic E-state index is 0.00373. The highest BCUT2D eigenvalue weighted by Gasteiger charge is 2.29. The summed E-state index contributed by atoms with van der Waals surface area (Å²) >= 11 is 2.01. The van der Waals surface area contributed by atoms with Crippen molar-refractivity contribution in [2.45, 2.75) is 23.7 Å². The molecule has 2 aromatic carbocycles. The van der Waals surface area contributed by atoms with Crippen LogP contribution in [0, 0.1) is 3.57 Å². The van der Waals surface area contributed by atoms with E-state index in [-0.39, 0.29) is 28.8 Å². The van der Waals surface area contributed by atoms with Gasteiger partial charge in [0.1, 0.15) is 16.9 Å². The predicted octanol–water partition coefficient (Wildman–Crippen LogP) is 3.68. The molecule has 1 aliphatic heterocycles. The quantitative estimate of drug-likeness (QED) is 0.460. The molecule has 4 rings (SSSR count). The molecule has 1 atom stereocenters. The molecule has 0 bridgehead atoms. The van der Waals surface area contributed by atoms with Crippen molar-refractivity contribution in [3.8, 4) is 5.75 Å². The van der Waals surface area contributed by atoms with Gasteiger partial charge in [0, 0.05) is 9.99 Å². The SMILES string of the molecule is O=C(CCC(c1cccc(O)c1)c1ncco1)C1=NS(=O)(=O)c2cc(I)ccc2N1. The average molecular weight is 537 g/mol. The standard InChI is InChI=1S/C20H16IN3O5S/c21-13-4-6-16-18(11-13)30(27,28)24-19(23-16)17(26)7-5-15(20-22-8-9-29-20)12-2-1-3-14(25)10-12/h1-4,6,8-11,15,25H,5,7H2,(H,23,24). The number of nitrogens with zero attached hydrogens (tertiary/aromatic N) is 2. The van der Waals surface area contributed by atoms with Gasteiger partial charge in [-0.1, -0.05) is 12.1 Å². The first-order valence-electron chi connectivity index (χ1n) is 8.96. The van der Waals surface area contributed by atoms with Crippen LogP contribution in [0.15, 0.2) is 68.6 Å². The first-order valence-corrected chi connectivity index (χ1v) is 11.5. The summed E-state index contributed by atoms with van der Waals surface area (Å²) in [4.78, 5) is 17.0. The lowest BCUT2D eigenvalue weighted by Crippen LogP contribution is -2.29. The molecular formula is C20H16IN3O5S. The summed E-state index contributed by atoms with van der Waals surface area (Å²) in [5.74, 6) is -0.554. The Morgan fingerprint density at radius 2 is 2.07 bits per heavy atom. The van der Waals surface area contributed by atoms with Gasteiger partial charge in [-0.2, -0.15) is 8.42 Å². The molecule has 2 N–H and O–H groups in total. The molecule has 1 aliphatic rings. The molecule has 0 saturated carbocycles. The second kappa shape index (κ2) is 8.19.